The third-order valence-corrected chi connectivity index (χ3v) is 5.14. The number of likely N-dealkylation sites (tertiary alicyclic amines) is 1. The maximum atomic E-state index is 12.7. The lowest BCUT2D eigenvalue weighted by Crippen LogP contribution is -2.41. The molecule has 0 unspecified atom stereocenters. The molecule has 7 nitrogen and oxygen atoms in total. The fourth-order valence-electron chi connectivity index (χ4n) is 2.95. The van der Waals surface area contributed by atoms with Crippen molar-refractivity contribution in [3.8, 4) is 0 Å². The fraction of sp³-hybridized carbons (Fsp3) is 0.625. The van der Waals surface area contributed by atoms with E-state index in [1.807, 2.05) is 10.3 Å². The van der Waals surface area contributed by atoms with Crippen molar-refractivity contribution in [3.63, 3.8) is 0 Å². The zero-order valence-corrected chi connectivity index (χ0v) is 14.9. The van der Waals surface area contributed by atoms with Gasteiger partial charge in [-0.15, -0.1) is 16.4 Å². The Balaban J connectivity index is 1.62. The molecule has 3 rings (SSSR count). The van der Waals surface area contributed by atoms with E-state index >= 15 is 0 Å². The minimum atomic E-state index is -0.0997. The average Bonchev–Trinajstić information content (AvgIpc) is 3.23. The predicted molar refractivity (Wildman–Crippen MR) is 90.8 cm³/mol. The van der Waals surface area contributed by atoms with Crippen LogP contribution in [-0.2, 0) is 13.2 Å². The first-order valence-electron chi connectivity index (χ1n) is 8.31. The third kappa shape index (κ3) is 3.81. The molecule has 0 saturated carbocycles. The second-order valence-corrected chi connectivity index (χ2v) is 7.44. The lowest BCUT2D eigenvalue weighted by molar-refractivity contribution is 0.0658. The van der Waals surface area contributed by atoms with Crippen LogP contribution in [0, 0.1) is 5.92 Å². The van der Waals surface area contributed by atoms with Gasteiger partial charge in [0.25, 0.3) is 5.91 Å². The number of carbonyl (C=O) groups is 1. The summed E-state index contributed by atoms with van der Waals surface area (Å²) in [4.78, 5) is 19.1. The molecule has 1 amide bonds. The molecule has 1 atom stereocenters. The Hall–Kier alpha value is -1.80. The summed E-state index contributed by atoms with van der Waals surface area (Å²) >= 11 is 1.43. The third-order valence-electron chi connectivity index (χ3n) is 4.30. The van der Waals surface area contributed by atoms with E-state index in [1.165, 1.54) is 11.3 Å². The molecule has 1 fully saturated rings. The van der Waals surface area contributed by atoms with Crippen molar-refractivity contribution in [2.75, 3.05) is 13.1 Å². The molecule has 24 heavy (non-hydrogen) atoms. The van der Waals surface area contributed by atoms with Gasteiger partial charge in [-0.1, -0.05) is 19.1 Å². The Morgan fingerprint density at radius 3 is 3.00 bits per heavy atom. The number of rotatable bonds is 5. The number of piperidine rings is 1. The highest BCUT2D eigenvalue weighted by atomic mass is 32.1. The van der Waals surface area contributed by atoms with Crippen molar-refractivity contribution in [2.24, 2.45) is 5.92 Å². The van der Waals surface area contributed by atoms with E-state index in [0.29, 0.717) is 35.6 Å². The molecule has 1 saturated heterocycles. The molecule has 3 heterocycles. The summed E-state index contributed by atoms with van der Waals surface area (Å²) in [7, 11) is 0. The van der Waals surface area contributed by atoms with Crippen LogP contribution in [0.5, 0.6) is 0 Å². The molecular weight excluding hydrogens is 326 g/mol. The highest BCUT2D eigenvalue weighted by Gasteiger charge is 2.27. The normalized spacial score (nSPS) is 18.3. The second kappa shape index (κ2) is 7.40. The largest absolute Gasteiger partial charge is 0.390 e. The van der Waals surface area contributed by atoms with Crippen LogP contribution in [0.4, 0.5) is 0 Å². The molecule has 0 aliphatic carbocycles. The topological polar surface area (TPSA) is 84.1 Å². The number of amides is 1. The van der Waals surface area contributed by atoms with Gasteiger partial charge in [-0.25, -0.2) is 4.98 Å². The minimum absolute atomic E-state index is 0.0336. The van der Waals surface area contributed by atoms with E-state index in [0.717, 1.165) is 25.1 Å². The average molecular weight is 349 g/mol. The van der Waals surface area contributed by atoms with E-state index in [4.69, 9.17) is 5.11 Å². The van der Waals surface area contributed by atoms with Gasteiger partial charge in [-0.3, -0.25) is 9.48 Å². The highest BCUT2D eigenvalue weighted by molar-refractivity contribution is 7.11. The predicted octanol–water partition coefficient (Wildman–Crippen LogP) is 1.90. The van der Waals surface area contributed by atoms with E-state index in [1.54, 1.807) is 10.9 Å². The van der Waals surface area contributed by atoms with Gasteiger partial charge in [0.15, 0.2) is 5.01 Å². The van der Waals surface area contributed by atoms with Gasteiger partial charge in [0.2, 0.25) is 0 Å². The molecule has 2 aromatic heterocycles. The summed E-state index contributed by atoms with van der Waals surface area (Å²) in [5.74, 6) is 0.719. The zero-order chi connectivity index (χ0) is 17.1. The van der Waals surface area contributed by atoms with Crippen molar-refractivity contribution >= 4 is 17.2 Å². The fourth-order valence-corrected chi connectivity index (χ4v) is 3.89. The molecular formula is C16H23N5O2S. The highest BCUT2D eigenvalue weighted by Crippen LogP contribution is 2.23. The van der Waals surface area contributed by atoms with Gasteiger partial charge in [0.1, 0.15) is 5.69 Å². The van der Waals surface area contributed by atoms with Crippen LogP contribution in [-0.4, -0.2) is 49.0 Å². The monoisotopic (exact) mass is 349 g/mol. The maximum Gasteiger partial charge on any atom is 0.282 e. The molecule has 2 aromatic rings. The van der Waals surface area contributed by atoms with Crippen molar-refractivity contribution in [1.29, 1.82) is 0 Å². The molecule has 0 aromatic carbocycles. The maximum absolute atomic E-state index is 12.7. The lowest BCUT2D eigenvalue weighted by atomic mass is 9.98. The van der Waals surface area contributed by atoms with E-state index in [-0.39, 0.29) is 12.5 Å². The number of aromatic nitrogens is 4. The van der Waals surface area contributed by atoms with Crippen LogP contribution >= 0.6 is 11.3 Å². The van der Waals surface area contributed by atoms with Crippen LogP contribution < -0.4 is 0 Å². The Kier molecular flexibility index (Phi) is 5.25. The molecule has 0 radical (unpaired) electrons. The van der Waals surface area contributed by atoms with Crippen LogP contribution in [0.1, 0.15) is 53.8 Å². The first-order chi connectivity index (χ1) is 11.6. The van der Waals surface area contributed by atoms with Crippen LogP contribution in [0.25, 0.3) is 0 Å². The minimum Gasteiger partial charge on any atom is -0.390 e. The number of aliphatic hydroxyl groups is 1. The van der Waals surface area contributed by atoms with Crippen LogP contribution in [0.2, 0.25) is 0 Å². The lowest BCUT2D eigenvalue weighted by Gasteiger charge is -2.32. The molecule has 1 aliphatic rings. The van der Waals surface area contributed by atoms with Gasteiger partial charge >= 0.3 is 0 Å². The number of nitrogens with zero attached hydrogens (tertiary/aromatic N) is 5. The Morgan fingerprint density at radius 1 is 1.50 bits per heavy atom. The first-order valence-corrected chi connectivity index (χ1v) is 9.19. The van der Waals surface area contributed by atoms with Crippen molar-refractivity contribution in [3.05, 3.63) is 28.0 Å². The molecule has 1 N–H and O–H groups in total. The second-order valence-electron chi connectivity index (χ2n) is 6.58. The molecule has 130 valence electrons. The number of carbonyl (C=O) groups excluding carboxylic acids is 1. The molecule has 0 spiro atoms. The first kappa shape index (κ1) is 17.0. The van der Waals surface area contributed by atoms with E-state index in [9.17, 15) is 4.79 Å². The number of aliphatic hydroxyl groups excluding tert-OH is 1. The summed E-state index contributed by atoms with van der Waals surface area (Å²) in [6.07, 6.45) is 3.81. The van der Waals surface area contributed by atoms with E-state index in [2.05, 4.69) is 29.1 Å². The zero-order valence-electron chi connectivity index (χ0n) is 14.1. The summed E-state index contributed by atoms with van der Waals surface area (Å²) < 4.78 is 1.75. The Bertz CT molecular complexity index is 696. The standard InChI is InChI=1S/C16H23N5O2S/c1-11(2)14-10-24-15(17-14)16(23)20-5-3-4-12(6-20)7-21-8-13(9-22)18-19-21/h8,10-12,22H,3-7,9H2,1-2H3/t12-/m0/s1. The summed E-state index contributed by atoms with van der Waals surface area (Å²) in [6, 6.07) is 0. The number of hydrogen-bond acceptors (Lipinski definition) is 6. The Morgan fingerprint density at radius 2 is 2.33 bits per heavy atom. The summed E-state index contributed by atoms with van der Waals surface area (Å²) in [5, 5.41) is 19.5. The van der Waals surface area contributed by atoms with Crippen molar-refractivity contribution in [1.82, 2.24) is 24.9 Å². The quantitative estimate of drug-likeness (QED) is 0.891. The SMILES string of the molecule is CC(C)c1csc(C(=O)N2CCC[C@H](Cn3cc(CO)nn3)C2)n1. The number of thiazole rings is 1. The van der Waals surface area contributed by atoms with Gasteiger partial charge < -0.3 is 10.0 Å². The summed E-state index contributed by atoms with van der Waals surface area (Å²) in [6.45, 7) is 6.27. The van der Waals surface area contributed by atoms with Gasteiger partial charge in [-0.2, -0.15) is 0 Å². The van der Waals surface area contributed by atoms with Crippen molar-refractivity contribution in [2.45, 2.75) is 45.8 Å². The van der Waals surface area contributed by atoms with E-state index < -0.39 is 0 Å². The van der Waals surface area contributed by atoms with Gasteiger partial charge in [-0.05, 0) is 24.7 Å². The molecule has 8 heteroatoms. The van der Waals surface area contributed by atoms with Crippen LogP contribution in [0.3, 0.4) is 0 Å². The molecule has 1 aliphatic heterocycles. The smallest absolute Gasteiger partial charge is 0.282 e. The van der Waals surface area contributed by atoms with Gasteiger partial charge in [0, 0.05) is 25.0 Å². The Labute approximate surface area is 145 Å². The number of hydrogen-bond donors (Lipinski definition) is 1. The van der Waals surface area contributed by atoms with Crippen molar-refractivity contribution < 1.29 is 9.90 Å². The van der Waals surface area contributed by atoms with Gasteiger partial charge in [0.05, 0.1) is 18.5 Å². The van der Waals surface area contributed by atoms with Crippen LogP contribution in [0.15, 0.2) is 11.6 Å². The summed E-state index contributed by atoms with van der Waals surface area (Å²) in [5.41, 5.74) is 1.55. The molecule has 0 bridgehead atoms.